The fraction of sp³-hybridized carbons (Fsp3) is 0. The molecule has 0 atom stereocenters. The summed E-state index contributed by atoms with van der Waals surface area (Å²) in [6.07, 6.45) is 0. The molecular formula is C60H40N2O. The number of hydrogen-bond donors (Lipinski definition) is 0. The van der Waals surface area contributed by atoms with Crippen molar-refractivity contribution in [3.05, 3.63) is 243 Å². The molecule has 0 spiro atoms. The Labute approximate surface area is 366 Å². The van der Waals surface area contributed by atoms with Crippen molar-refractivity contribution in [2.24, 2.45) is 0 Å². The van der Waals surface area contributed by atoms with Crippen molar-refractivity contribution in [2.75, 3.05) is 4.90 Å². The van der Waals surface area contributed by atoms with Crippen LogP contribution in [0.2, 0.25) is 0 Å². The number of benzene rings is 10. The Kier molecular flexibility index (Phi) is 8.83. The third-order valence-corrected chi connectivity index (χ3v) is 12.4. The SMILES string of the molecule is c1ccc(-c2ccc(-c3ccccc3N(c3cccc(-c4ccccc4-n4c5ccccc5c5ccccc54)c3)c3cccc(-c4cccc5c4oc4ccccc45)c3)cc2)cc1. The Morgan fingerprint density at radius 1 is 0.317 bits per heavy atom. The van der Waals surface area contributed by atoms with Crippen molar-refractivity contribution in [1.29, 1.82) is 0 Å². The summed E-state index contributed by atoms with van der Waals surface area (Å²) < 4.78 is 8.99. The fourth-order valence-electron chi connectivity index (χ4n) is 9.51. The molecular weight excluding hydrogens is 765 g/mol. The smallest absolute Gasteiger partial charge is 0.143 e. The van der Waals surface area contributed by atoms with Crippen LogP contribution in [-0.4, -0.2) is 4.57 Å². The lowest BCUT2D eigenvalue weighted by Gasteiger charge is -2.29. The highest BCUT2D eigenvalue weighted by Crippen LogP contribution is 2.45. The van der Waals surface area contributed by atoms with E-state index in [0.29, 0.717) is 0 Å². The summed E-state index contributed by atoms with van der Waals surface area (Å²) in [5.74, 6) is 0. The van der Waals surface area contributed by atoms with Crippen LogP contribution in [0.15, 0.2) is 247 Å². The van der Waals surface area contributed by atoms with Gasteiger partial charge < -0.3 is 13.9 Å². The molecule has 0 bridgehead atoms. The van der Waals surface area contributed by atoms with Crippen LogP contribution in [0, 0.1) is 0 Å². The van der Waals surface area contributed by atoms with Gasteiger partial charge in [0.15, 0.2) is 0 Å². The lowest BCUT2D eigenvalue weighted by Crippen LogP contribution is -2.11. The van der Waals surface area contributed by atoms with E-state index in [1.165, 1.54) is 32.9 Å². The van der Waals surface area contributed by atoms with E-state index in [2.05, 4.69) is 240 Å². The molecule has 12 aromatic rings. The molecule has 0 N–H and O–H groups in total. The van der Waals surface area contributed by atoms with Crippen LogP contribution in [0.5, 0.6) is 0 Å². The maximum Gasteiger partial charge on any atom is 0.143 e. The van der Waals surface area contributed by atoms with Crippen LogP contribution >= 0.6 is 0 Å². The van der Waals surface area contributed by atoms with Gasteiger partial charge in [0.2, 0.25) is 0 Å². The molecule has 0 saturated heterocycles. The second-order valence-electron chi connectivity index (χ2n) is 16.1. The minimum Gasteiger partial charge on any atom is -0.455 e. The Hall–Kier alpha value is -8.40. The topological polar surface area (TPSA) is 21.3 Å². The predicted molar refractivity (Wildman–Crippen MR) is 264 cm³/mol. The quantitative estimate of drug-likeness (QED) is 0.153. The molecule has 12 rings (SSSR count). The molecule has 0 aliphatic rings. The number of rotatable bonds is 8. The van der Waals surface area contributed by atoms with Crippen LogP contribution in [0.3, 0.4) is 0 Å². The van der Waals surface area contributed by atoms with E-state index in [4.69, 9.17) is 4.42 Å². The highest BCUT2D eigenvalue weighted by Gasteiger charge is 2.21. The van der Waals surface area contributed by atoms with E-state index in [9.17, 15) is 0 Å². The Bertz CT molecular complexity index is 3580. The van der Waals surface area contributed by atoms with E-state index in [1.807, 2.05) is 12.1 Å². The van der Waals surface area contributed by atoms with Crippen molar-refractivity contribution >= 4 is 60.8 Å². The molecule has 3 nitrogen and oxygen atoms in total. The first-order valence-electron chi connectivity index (χ1n) is 21.5. The number of aromatic nitrogens is 1. The minimum absolute atomic E-state index is 0.892. The van der Waals surface area contributed by atoms with Gasteiger partial charge in [0.1, 0.15) is 11.2 Å². The van der Waals surface area contributed by atoms with Gasteiger partial charge in [-0.3, -0.25) is 0 Å². The summed E-state index contributed by atoms with van der Waals surface area (Å²) in [4.78, 5) is 2.41. The van der Waals surface area contributed by atoms with Gasteiger partial charge in [0.05, 0.1) is 22.4 Å². The van der Waals surface area contributed by atoms with Gasteiger partial charge >= 0.3 is 0 Å². The number of furan rings is 1. The Morgan fingerprint density at radius 3 is 1.54 bits per heavy atom. The van der Waals surface area contributed by atoms with Crippen LogP contribution in [0.4, 0.5) is 17.1 Å². The fourth-order valence-corrected chi connectivity index (χ4v) is 9.51. The van der Waals surface area contributed by atoms with Gasteiger partial charge in [0, 0.05) is 49.6 Å². The normalized spacial score (nSPS) is 11.5. The van der Waals surface area contributed by atoms with Crippen LogP contribution in [-0.2, 0) is 0 Å². The van der Waals surface area contributed by atoms with Crippen LogP contribution < -0.4 is 4.90 Å². The largest absolute Gasteiger partial charge is 0.455 e. The van der Waals surface area contributed by atoms with Gasteiger partial charge in [-0.2, -0.15) is 0 Å². The van der Waals surface area contributed by atoms with E-state index in [1.54, 1.807) is 0 Å². The molecule has 0 unspecified atom stereocenters. The molecule has 0 saturated carbocycles. The van der Waals surface area contributed by atoms with E-state index < -0.39 is 0 Å². The van der Waals surface area contributed by atoms with Crippen LogP contribution in [0.25, 0.3) is 93.9 Å². The average molecular weight is 805 g/mol. The molecule has 0 amide bonds. The summed E-state index contributed by atoms with van der Waals surface area (Å²) >= 11 is 0. The summed E-state index contributed by atoms with van der Waals surface area (Å²) in [6, 6.07) is 87.1. The summed E-state index contributed by atoms with van der Waals surface area (Å²) in [7, 11) is 0. The van der Waals surface area contributed by atoms with Crippen molar-refractivity contribution < 1.29 is 4.42 Å². The summed E-state index contributed by atoms with van der Waals surface area (Å²) in [6.45, 7) is 0. The molecule has 2 aromatic heterocycles. The third kappa shape index (κ3) is 6.29. The van der Waals surface area contributed by atoms with Crippen LogP contribution in [0.1, 0.15) is 0 Å². The van der Waals surface area contributed by atoms with Crippen molar-refractivity contribution in [1.82, 2.24) is 4.57 Å². The standard InChI is InChI=1S/C60H40N2O/c1-2-17-41(18-3-1)42-35-37-43(38-36-42)48-23-4-9-30-55(48)61(47-22-15-20-45(40-47)50-28-16-29-54-53-27-8-13-34-59(53)63-60(50)54)46-21-14-19-44(39-46)49-24-5-10-31-56(49)62-57-32-11-6-25-51(57)52-26-7-12-33-58(52)62/h1-40H. The number of hydrogen-bond acceptors (Lipinski definition) is 2. The van der Waals surface area contributed by atoms with Gasteiger partial charge in [-0.25, -0.2) is 0 Å². The van der Waals surface area contributed by atoms with Gasteiger partial charge in [-0.15, -0.1) is 0 Å². The zero-order chi connectivity index (χ0) is 41.7. The minimum atomic E-state index is 0.892. The number of fused-ring (bicyclic) bond motifs is 6. The maximum absolute atomic E-state index is 6.57. The second-order valence-corrected chi connectivity index (χ2v) is 16.1. The highest BCUT2D eigenvalue weighted by molar-refractivity contribution is 6.11. The first-order chi connectivity index (χ1) is 31.3. The van der Waals surface area contributed by atoms with Gasteiger partial charge in [-0.1, -0.05) is 188 Å². The number of nitrogens with zero attached hydrogens (tertiary/aromatic N) is 2. The summed E-state index contributed by atoms with van der Waals surface area (Å²) in [5, 5.41) is 4.73. The molecule has 296 valence electrons. The van der Waals surface area contributed by atoms with Crippen molar-refractivity contribution in [3.8, 4) is 50.2 Å². The predicted octanol–water partition coefficient (Wildman–Crippen LogP) is 16.8. The lowest BCUT2D eigenvalue weighted by atomic mass is 9.97. The molecule has 0 radical (unpaired) electrons. The Morgan fingerprint density at radius 2 is 0.810 bits per heavy atom. The first kappa shape index (κ1) is 36.5. The van der Waals surface area contributed by atoms with Gasteiger partial charge in [0.25, 0.3) is 0 Å². The monoisotopic (exact) mass is 804 g/mol. The van der Waals surface area contributed by atoms with E-state index in [-0.39, 0.29) is 0 Å². The zero-order valence-electron chi connectivity index (χ0n) is 34.4. The summed E-state index contributed by atoms with van der Waals surface area (Å²) in [5.41, 5.74) is 17.6. The van der Waals surface area contributed by atoms with E-state index >= 15 is 0 Å². The Balaban J connectivity index is 1.04. The second kappa shape index (κ2) is 15.3. The molecule has 3 heteroatoms. The number of anilines is 3. The molecule has 2 heterocycles. The zero-order valence-corrected chi connectivity index (χ0v) is 34.4. The molecule has 0 aliphatic heterocycles. The maximum atomic E-state index is 6.57. The molecule has 0 fully saturated rings. The molecule has 10 aromatic carbocycles. The molecule has 63 heavy (non-hydrogen) atoms. The van der Waals surface area contributed by atoms with Gasteiger partial charge in [-0.05, 0) is 82.4 Å². The first-order valence-corrected chi connectivity index (χ1v) is 21.5. The van der Waals surface area contributed by atoms with Crippen molar-refractivity contribution in [3.63, 3.8) is 0 Å². The van der Waals surface area contributed by atoms with E-state index in [0.717, 1.165) is 78.1 Å². The lowest BCUT2D eigenvalue weighted by molar-refractivity contribution is 0.670. The average Bonchev–Trinajstić information content (AvgIpc) is 3.91. The molecule has 0 aliphatic carbocycles. The highest BCUT2D eigenvalue weighted by atomic mass is 16.3. The number of para-hydroxylation sites is 6. The van der Waals surface area contributed by atoms with Crippen molar-refractivity contribution in [2.45, 2.75) is 0 Å². The third-order valence-electron chi connectivity index (χ3n) is 12.4.